The molecule has 0 bridgehead atoms. The van der Waals surface area contributed by atoms with Crippen LogP contribution in [0.4, 0.5) is 16.3 Å². The first-order chi connectivity index (χ1) is 12.9. The number of benzene rings is 1. The van der Waals surface area contributed by atoms with Gasteiger partial charge in [-0.25, -0.2) is 4.79 Å². The number of rotatable bonds is 8. The fraction of sp³-hybridized carbons (Fsp3) is 0.278. The highest BCUT2D eigenvalue weighted by Gasteiger charge is 2.18. The minimum atomic E-state index is -0.475. The maximum atomic E-state index is 12.6. The summed E-state index contributed by atoms with van der Waals surface area (Å²) in [6.45, 7) is 5.32. The number of hydrogen-bond acceptors (Lipinski definition) is 6. The molecular weight excluding hydrogens is 352 g/mol. The minimum absolute atomic E-state index is 0.179. The van der Waals surface area contributed by atoms with E-state index in [0.29, 0.717) is 22.9 Å². The zero-order valence-corrected chi connectivity index (χ0v) is 15.4. The Morgan fingerprint density at radius 2 is 1.85 bits per heavy atom. The fourth-order valence-corrected chi connectivity index (χ4v) is 2.24. The molecule has 3 amide bonds. The lowest BCUT2D eigenvalue weighted by molar-refractivity contribution is -0.116. The van der Waals surface area contributed by atoms with Crippen molar-refractivity contribution in [2.45, 2.75) is 6.92 Å². The van der Waals surface area contributed by atoms with E-state index in [9.17, 15) is 9.59 Å². The van der Waals surface area contributed by atoms with Crippen LogP contribution in [0.25, 0.3) is 0 Å². The van der Waals surface area contributed by atoms with Crippen LogP contribution in [0.5, 0.6) is 11.5 Å². The number of methoxy groups -OCH3 is 2. The van der Waals surface area contributed by atoms with E-state index in [4.69, 9.17) is 14.0 Å². The van der Waals surface area contributed by atoms with Crippen LogP contribution in [0.15, 0.2) is 41.4 Å². The van der Waals surface area contributed by atoms with Crippen molar-refractivity contribution in [3.05, 3.63) is 42.7 Å². The summed E-state index contributed by atoms with van der Waals surface area (Å²) in [5, 5.41) is 8.97. The summed E-state index contributed by atoms with van der Waals surface area (Å²) in [4.78, 5) is 26.0. The van der Waals surface area contributed by atoms with Crippen LogP contribution in [0.3, 0.4) is 0 Å². The van der Waals surface area contributed by atoms with Crippen molar-refractivity contribution in [3.8, 4) is 11.5 Å². The number of aryl methyl sites for hydroxylation is 1. The SMILES string of the molecule is C=CCN(CC(=O)Nc1cc(C)on1)C(=O)Nc1cc(OC)cc(OC)c1. The van der Waals surface area contributed by atoms with E-state index in [0.717, 1.165) is 0 Å². The molecule has 27 heavy (non-hydrogen) atoms. The molecule has 9 nitrogen and oxygen atoms in total. The molecule has 0 unspecified atom stereocenters. The Kier molecular flexibility index (Phi) is 6.81. The summed E-state index contributed by atoms with van der Waals surface area (Å²) in [5.41, 5.74) is 0.470. The zero-order valence-electron chi connectivity index (χ0n) is 15.4. The molecule has 2 aromatic rings. The van der Waals surface area contributed by atoms with Crippen LogP contribution in [0.1, 0.15) is 5.76 Å². The molecule has 9 heteroatoms. The molecule has 0 atom stereocenters. The van der Waals surface area contributed by atoms with Crippen molar-refractivity contribution in [1.29, 1.82) is 0 Å². The summed E-state index contributed by atoms with van der Waals surface area (Å²) in [6.07, 6.45) is 1.53. The van der Waals surface area contributed by atoms with Gasteiger partial charge in [0.15, 0.2) is 5.82 Å². The largest absolute Gasteiger partial charge is 0.497 e. The van der Waals surface area contributed by atoms with Crippen molar-refractivity contribution in [1.82, 2.24) is 10.1 Å². The maximum Gasteiger partial charge on any atom is 0.322 e. The molecule has 0 radical (unpaired) electrons. The first kappa shape index (κ1) is 19.8. The predicted octanol–water partition coefficient (Wildman–Crippen LogP) is 2.66. The van der Waals surface area contributed by atoms with Gasteiger partial charge in [-0.2, -0.15) is 0 Å². The number of amides is 3. The lowest BCUT2D eigenvalue weighted by Crippen LogP contribution is -2.40. The average Bonchev–Trinajstić information content (AvgIpc) is 3.05. The van der Waals surface area contributed by atoms with E-state index in [1.54, 1.807) is 31.2 Å². The monoisotopic (exact) mass is 374 g/mol. The maximum absolute atomic E-state index is 12.6. The highest BCUT2D eigenvalue weighted by molar-refractivity contribution is 5.96. The quantitative estimate of drug-likeness (QED) is 0.688. The van der Waals surface area contributed by atoms with E-state index in [1.807, 2.05) is 0 Å². The van der Waals surface area contributed by atoms with E-state index in [1.165, 1.54) is 25.2 Å². The van der Waals surface area contributed by atoms with Crippen molar-refractivity contribution in [2.24, 2.45) is 0 Å². The molecule has 0 spiro atoms. The van der Waals surface area contributed by atoms with Crippen LogP contribution in [-0.2, 0) is 4.79 Å². The Morgan fingerprint density at radius 1 is 1.19 bits per heavy atom. The smallest absolute Gasteiger partial charge is 0.322 e. The third-order valence-corrected chi connectivity index (χ3v) is 3.47. The van der Waals surface area contributed by atoms with E-state index in [-0.39, 0.29) is 18.9 Å². The molecule has 0 aliphatic carbocycles. The fourth-order valence-electron chi connectivity index (χ4n) is 2.24. The number of nitrogens with zero attached hydrogens (tertiary/aromatic N) is 2. The van der Waals surface area contributed by atoms with Gasteiger partial charge < -0.3 is 29.5 Å². The predicted molar refractivity (Wildman–Crippen MR) is 100 cm³/mol. The molecule has 0 aliphatic heterocycles. The van der Waals surface area contributed by atoms with Crippen molar-refractivity contribution in [3.63, 3.8) is 0 Å². The summed E-state index contributed by atoms with van der Waals surface area (Å²) >= 11 is 0. The number of anilines is 2. The summed E-state index contributed by atoms with van der Waals surface area (Å²) < 4.78 is 15.2. The van der Waals surface area contributed by atoms with Gasteiger partial charge in [-0.1, -0.05) is 11.2 Å². The van der Waals surface area contributed by atoms with Crippen LogP contribution in [-0.4, -0.2) is 49.3 Å². The van der Waals surface area contributed by atoms with Crippen LogP contribution in [0, 0.1) is 6.92 Å². The molecule has 2 N–H and O–H groups in total. The highest BCUT2D eigenvalue weighted by atomic mass is 16.5. The van der Waals surface area contributed by atoms with Crippen molar-refractivity contribution in [2.75, 3.05) is 37.9 Å². The lowest BCUT2D eigenvalue weighted by Gasteiger charge is -2.21. The van der Waals surface area contributed by atoms with Crippen molar-refractivity contribution < 1.29 is 23.6 Å². The number of aromatic nitrogens is 1. The molecule has 0 aliphatic rings. The Hall–Kier alpha value is -3.49. The summed E-state index contributed by atoms with van der Waals surface area (Å²) in [5.74, 6) is 1.49. The normalized spacial score (nSPS) is 10.0. The van der Waals surface area contributed by atoms with Gasteiger partial charge in [0.2, 0.25) is 5.91 Å². The average molecular weight is 374 g/mol. The summed E-state index contributed by atoms with van der Waals surface area (Å²) in [6, 6.07) is 6.08. The van der Waals surface area contributed by atoms with Crippen LogP contribution in [0.2, 0.25) is 0 Å². The third kappa shape index (κ3) is 5.77. The van der Waals surface area contributed by atoms with Gasteiger partial charge >= 0.3 is 6.03 Å². The van der Waals surface area contributed by atoms with Crippen molar-refractivity contribution >= 4 is 23.4 Å². The Bertz CT molecular complexity index is 796. The number of nitrogens with one attached hydrogen (secondary N) is 2. The second kappa shape index (κ2) is 9.27. The molecule has 1 aromatic heterocycles. The van der Waals surface area contributed by atoms with E-state index >= 15 is 0 Å². The highest BCUT2D eigenvalue weighted by Crippen LogP contribution is 2.26. The lowest BCUT2D eigenvalue weighted by atomic mass is 10.2. The molecule has 0 saturated carbocycles. The molecule has 1 heterocycles. The number of ether oxygens (including phenoxy) is 2. The first-order valence-electron chi connectivity index (χ1n) is 8.08. The molecule has 0 fully saturated rings. The van der Waals surface area contributed by atoms with Crippen LogP contribution < -0.4 is 20.1 Å². The second-order valence-electron chi connectivity index (χ2n) is 5.57. The third-order valence-electron chi connectivity index (χ3n) is 3.47. The van der Waals surface area contributed by atoms with Gasteiger partial charge in [0.05, 0.1) is 14.2 Å². The zero-order chi connectivity index (χ0) is 19.8. The van der Waals surface area contributed by atoms with Crippen LogP contribution >= 0.6 is 0 Å². The van der Waals surface area contributed by atoms with Gasteiger partial charge in [0.1, 0.15) is 23.8 Å². The summed E-state index contributed by atoms with van der Waals surface area (Å²) in [7, 11) is 3.03. The van der Waals surface area contributed by atoms with E-state index < -0.39 is 11.9 Å². The first-order valence-corrected chi connectivity index (χ1v) is 8.08. The molecule has 1 aromatic carbocycles. The van der Waals surface area contributed by atoms with Gasteiger partial charge in [0, 0.05) is 36.5 Å². The Morgan fingerprint density at radius 3 is 2.37 bits per heavy atom. The molecule has 144 valence electrons. The minimum Gasteiger partial charge on any atom is -0.497 e. The Labute approximate surface area is 156 Å². The van der Waals surface area contributed by atoms with E-state index in [2.05, 4.69) is 22.4 Å². The number of carbonyl (C=O) groups excluding carboxylic acids is 2. The number of urea groups is 1. The molecular formula is C18H22N4O5. The molecule has 2 rings (SSSR count). The van der Waals surface area contributed by atoms with Gasteiger partial charge in [-0.3, -0.25) is 4.79 Å². The molecule has 0 saturated heterocycles. The standard InChI is InChI=1S/C18H22N4O5/c1-5-6-22(11-17(23)20-16-7-12(2)27-21-16)18(24)19-13-8-14(25-3)10-15(9-13)26-4/h5,7-10H,1,6,11H2,2-4H3,(H,19,24)(H,20,21,23). The Balaban J connectivity index is 2.05. The topological polar surface area (TPSA) is 106 Å². The number of carbonyl (C=O) groups is 2. The van der Waals surface area contributed by atoms with Gasteiger partial charge in [-0.15, -0.1) is 6.58 Å². The van der Waals surface area contributed by atoms with Gasteiger partial charge in [0.25, 0.3) is 0 Å². The second-order valence-corrected chi connectivity index (χ2v) is 5.57. The number of hydrogen-bond donors (Lipinski definition) is 2. The van der Waals surface area contributed by atoms with Gasteiger partial charge in [-0.05, 0) is 6.92 Å².